The number of nitrogens with two attached hydrogens (primary N) is 1. The minimum atomic E-state index is -3.72. The Kier molecular flexibility index (Phi) is 4.51. The van der Waals surface area contributed by atoms with Crippen molar-refractivity contribution in [1.82, 2.24) is 0 Å². The highest BCUT2D eigenvalue weighted by Crippen LogP contribution is 2.29. The van der Waals surface area contributed by atoms with Crippen molar-refractivity contribution in [3.05, 3.63) is 51.0 Å². The van der Waals surface area contributed by atoms with Gasteiger partial charge in [-0.2, -0.15) is 0 Å². The molecule has 112 valence electrons. The fourth-order valence-corrected chi connectivity index (χ4v) is 3.54. The highest BCUT2D eigenvalue weighted by Gasteiger charge is 2.18. The summed E-state index contributed by atoms with van der Waals surface area (Å²) in [5.74, 6) is 0. The Morgan fingerprint density at radius 2 is 1.81 bits per heavy atom. The molecule has 0 saturated heterocycles. The van der Waals surface area contributed by atoms with Gasteiger partial charge in [0.15, 0.2) is 0 Å². The van der Waals surface area contributed by atoms with Gasteiger partial charge in [-0.1, -0.05) is 33.6 Å². The molecule has 0 atom stereocenters. The minimum Gasteiger partial charge on any atom is -0.397 e. The highest BCUT2D eigenvalue weighted by molar-refractivity contribution is 9.10. The Hall–Kier alpha value is -1.24. The first kappa shape index (κ1) is 16.1. The molecule has 21 heavy (non-hydrogen) atoms. The molecule has 7 heteroatoms. The molecule has 0 amide bonds. The summed E-state index contributed by atoms with van der Waals surface area (Å²) in [7, 11) is -3.72. The van der Waals surface area contributed by atoms with Crippen LogP contribution in [0.5, 0.6) is 0 Å². The van der Waals surface area contributed by atoms with Crippen molar-refractivity contribution in [1.29, 1.82) is 0 Å². The fourth-order valence-electron chi connectivity index (χ4n) is 1.83. The molecule has 0 radical (unpaired) electrons. The maximum Gasteiger partial charge on any atom is 0.261 e. The molecule has 0 saturated carbocycles. The molecule has 0 fully saturated rings. The molecule has 2 aromatic rings. The van der Waals surface area contributed by atoms with Crippen molar-refractivity contribution < 1.29 is 8.42 Å². The zero-order valence-electron chi connectivity index (χ0n) is 11.4. The van der Waals surface area contributed by atoms with E-state index in [1.807, 2.05) is 19.1 Å². The topological polar surface area (TPSA) is 72.2 Å². The van der Waals surface area contributed by atoms with Crippen LogP contribution in [0.2, 0.25) is 5.02 Å². The number of nitrogen functional groups attached to an aromatic ring is 1. The van der Waals surface area contributed by atoms with Crippen LogP contribution in [0.15, 0.2) is 39.7 Å². The van der Waals surface area contributed by atoms with Crippen LogP contribution in [0.25, 0.3) is 0 Å². The van der Waals surface area contributed by atoms with E-state index in [1.54, 1.807) is 13.0 Å². The van der Waals surface area contributed by atoms with Crippen LogP contribution in [0.4, 0.5) is 11.4 Å². The van der Waals surface area contributed by atoms with Crippen LogP contribution in [-0.2, 0) is 10.0 Å². The maximum atomic E-state index is 12.5. The standard InChI is InChI=1S/C14H14BrClN2O2S/c1-8-3-4-10(15)6-13(8)18-21(19,20)11-5-9(2)14(16)12(17)7-11/h3-7,18H,17H2,1-2H3. The van der Waals surface area contributed by atoms with E-state index < -0.39 is 10.0 Å². The van der Waals surface area contributed by atoms with Gasteiger partial charge >= 0.3 is 0 Å². The molecule has 0 bridgehead atoms. The van der Waals surface area contributed by atoms with Gasteiger partial charge < -0.3 is 5.73 Å². The van der Waals surface area contributed by atoms with Crippen molar-refractivity contribution in [2.45, 2.75) is 18.7 Å². The van der Waals surface area contributed by atoms with E-state index in [4.69, 9.17) is 17.3 Å². The zero-order chi connectivity index (χ0) is 15.8. The largest absolute Gasteiger partial charge is 0.397 e. The van der Waals surface area contributed by atoms with Gasteiger partial charge in [-0.25, -0.2) is 8.42 Å². The van der Waals surface area contributed by atoms with Crippen molar-refractivity contribution in [2.24, 2.45) is 0 Å². The van der Waals surface area contributed by atoms with Gasteiger partial charge in [0.25, 0.3) is 10.0 Å². The van der Waals surface area contributed by atoms with Gasteiger partial charge in [-0.3, -0.25) is 4.72 Å². The molecule has 3 N–H and O–H groups in total. The van der Waals surface area contributed by atoms with E-state index in [0.717, 1.165) is 10.0 Å². The van der Waals surface area contributed by atoms with Crippen molar-refractivity contribution >= 4 is 48.9 Å². The number of rotatable bonds is 3. The van der Waals surface area contributed by atoms with Crippen LogP contribution in [-0.4, -0.2) is 8.42 Å². The van der Waals surface area contributed by atoms with Gasteiger partial charge in [-0.15, -0.1) is 0 Å². The number of halogens is 2. The van der Waals surface area contributed by atoms with E-state index in [-0.39, 0.29) is 10.6 Å². The number of sulfonamides is 1. The average Bonchev–Trinajstić information content (AvgIpc) is 2.39. The van der Waals surface area contributed by atoms with Crippen LogP contribution in [0.1, 0.15) is 11.1 Å². The van der Waals surface area contributed by atoms with Crippen LogP contribution >= 0.6 is 27.5 Å². The average molecular weight is 390 g/mol. The molecule has 0 aromatic heterocycles. The zero-order valence-corrected chi connectivity index (χ0v) is 14.6. The molecule has 0 unspecified atom stereocenters. The lowest BCUT2D eigenvalue weighted by Crippen LogP contribution is -2.14. The van der Waals surface area contributed by atoms with Crippen molar-refractivity contribution in [3.63, 3.8) is 0 Å². The summed E-state index contributed by atoms with van der Waals surface area (Å²) in [6, 6.07) is 8.22. The molecule has 0 aliphatic rings. The Balaban J connectivity index is 2.46. The Morgan fingerprint density at radius 1 is 1.14 bits per heavy atom. The monoisotopic (exact) mass is 388 g/mol. The third-order valence-corrected chi connectivity index (χ3v) is 5.36. The molecule has 0 heterocycles. The summed E-state index contributed by atoms with van der Waals surface area (Å²) in [6.07, 6.45) is 0. The second-order valence-corrected chi connectivity index (χ2v) is 7.68. The number of anilines is 2. The van der Waals surface area contributed by atoms with E-state index in [1.165, 1.54) is 12.1 Å². The number of nitrogens with one attached hydrogen (secondary N) is 1. The third kappa shape index (κ3) is 3.51. The predicted octanol–water partition coefficient (Wildman–Crippen LogP) is 4.10. The molecule has 0 aliphatic carbocycles. The fraction of sp³-hybridized carbons (Fsp3) is 0.143. The molecule has 2 rings (SSSR count). The molecule has 2 aromatic carbocycles. The molecular weight excluding hydrogens is 376 g/mol. The van der Waals surface area contributed by atoms with Gasteiger partial charge in [0.1, 0.15) is 0 Å². The summed E-state index contributed by atoms with van der Waals surface area (Å²) in [5, 5.41) is 0.368. The van der Waals surface area contributed by atoms with E-state index in [0.29, 0.717) is 16.3 Å². The summed E-state index contributed by atoms with van der Waals surface area (Å²) >= 11 is 9.28. The maximum absolute atomic E-state index is 12.5. The predicted molar refractivity (Wildman–Crippen MR) is 90.3 cm³/mol. The van der Waals surface area contributed by atoms with E-state index >= 15 is 0 Å². The molecule has 4 nitrogen and oxygen atoms in total. The lowest BCUT2D eigenvalue weighted by Gasteiger charge is -2.13. The Morgan fingerprint density at radius 3 is 2.43 bits per heavy atom. The molecule has 0 spiro atoms. The lowest BCUT2D eigenvalue weighted by molar-refractivity contribution is 0.601. The first-order valence-corrected chi connectivity index (χ1v) is 8.71. The Labute approximate surface area is 137 Å². The smallest absolute Gasteiger partial charge is 0.261 e. The third-order valence-electron chi connectivity index (χ3n) is 3.01. The van der Waals surface area contributed by atoms with Gasteiger partial charge in [-0.05, 0) is 49.2 Å². The normalized spacial score (nSPS) is 11.4. The van der Waals surface area contributed by atoms with Gasteiger partial charge in [0, 0.05) is 4.47 Å². The Bertz CT molecular complexity index is 784. The van der Waals surface area contributed by atoms with Crippen LogP contribution < -0.4 is 10.5 Å². The number of benzene rings is 2. The first-order chi connectivity index (χ1) is 9.70. The van der Waals surface area contributed by atoms with Crippen molar-refractivity contribution in [2.75, 3.05) is 10.5 Å². The highest BCUT2D eigenvalue weighted by atomic mass is 79.9. The molecular formula is C14H14BrClN2O2S. The minimum absolute atomic E-state index is 0.0845. The second kappa shape index (κ2) is 5.87. The van der Waals surface area contributed by atoms with Crippen molar-refractivity contribution in [3.8, 4) is 0 Å². The van der Waals surface area contributed by atoms with Gasteiger partial charge in [0.2, 0.25) is 0 Å². The SMILES string of the molecule is Cc1ccc(Br)cc1NS(=O)(=O)c1cc(C)c(Cl)c(N)c1. The van der Waals surface area contributed by atoms with Crippen LogP contribution in [0.3, 0.4) is 0 Å². The van der Waals surface area contributed by atoms with E-state index in [9.17, 15) is 8.42 Å². The van der Waals surface area contributed by atoms with E-state index in [2.05, 4.69) is 20.7 Å². The number of hydrogen-bond donors (Lipinski definition) is 2. The summed E-state index contributed by atoms with van der Waals surface area (Å²) in [4.78, 5) is 0.0845. The lowest BCUT2D eigenvalue weighted by atomic mass is 10.2. The van der Waals surface area contributed by atoms with Gasteiger partial charge in [0.05, 0.1) is 21.3 Å². The summed E-state index contributed by atoms with van der Waals surface area (Å²) in [6.45, 7) is 3.54. The molecule has 0 aliphatic heterocycles. The quantitative estimate of drug-likeness (QED) is 0.776. The number of aryl methyl sites for hydroxylation is 2. The first-order valence-electron chi connectivity index (χ1n) is 6.05. The summed E-state index contributed by atoms with van der Waals surface area (Å²) in [5.41, 5.74) is 7.92. The summed E-state index contributed by atoms with van der Waals surface area (Å²) < 4.78 is 28.3. The second-order valence-electron chi connectivity index (χ2n) is 4.71. The number of hydrogen-bond acceptors (Lipinski definition) is 3. The van der Waals surface area contributed by atoms with Crippen LogP contribution in [0, 0.1) is 13.8 Å².